The molecular formula is C14H22N2O5S. The summed E-state index contributed by atoms with van der Waals surface area (Å²) in [6.45, 7) is 1.56. The van der Waals surface area contributed by atoms with Crippen molar-refractivity contribution in [3.63, 3.8) is 0 Å². The molecule has 0 aromatic carbocycles. The Balaban J connectivity index is 1.51. The van der Waals surface area contributed by atoms with Gasteiger partial charge in [0.05, 0.1) is 23.5 Å². The summed E-state index contributed by atoms with van der Waals surface area (Å²) in [7, 11) is -3.03. The van der Waals surface area contributed by atoms with Crippen LogP contribution in [0.5, 0.6) is 0 Å². The number of nitrogens with zero attached hydrogens (tertiary/aromatic N) is 1. The first-order valence-corrected chi connectivity index (χ1v) is 9.66. The molecule has 22 heavy (non-hydrogen) atoms. The fourth-order valence-electron chi connectivity index (χ4n) is 3.45. The van der Waals surface area contributed by atoms with Gasteiger partial charge in [-0.2, -0.15) is 0 Å². The van der Waals surface area contributed by atoms with Crippen LogP contribution >= 0.6 is 0 Å². The molecule has 124 valence electrons. The molecule has 2 amide bonds. The third kappa shape index (κ3) is 3.43. The van der Waals surface area contributed by atoms with Crippen molar-refractivity contribution in [3.05, 3.63) is 0 Å². The van der Waals surface area contributed by atoms with E-state index in [9.17, 15) is 18.0 Å². The molecule has 0 radical (unpaired) electrons. The van der Waals surface area contributed by atoms with Crippen LogP contribution in [0, 0.1) is 5.92 Å². The van der Waals surface area contributed by atoms with E-state index >= 15 is 0 Å². The lowest BCUT2D eigenvalue weighted by molar-refractivity contribution is -0.130. The van der Waals surface area contributed by atoms with Gasteiger partial charge in [0.2, 0.25) is 11.8 Å². The standard InChI is InChI=1S/C14H22N2O5S/c17-13-6-10(14(18)15-7-12-2-1-4-21-12)8-16(13)11-3-5-22(19,20)9-11/h10-12H,1-9H2,(H,15,18). The van der Waals surface area contributed by atoms with E-state index in [1.165, 1.54) is 0 Å². The normalized spacial score (nSPS) is 34.3. The molecule has 0 spiro atoms. The zero-order valence-corrected chi connectivity index (χ0v) is 13.3. The second-order valence-corrected chi connectivity index (χ2v) is 8.61. The summed E-state index contributed by atoms with van der Waals surface area (Å²) in [5.74, 6) is -0.455. The fourth-order valence-corrected chi connectivity index (χ4v) is 5.18. The summed E-state index contributed by atoms with van der Waals surface area (Å²) in [5.41, 5.74) is 0. The molecule has 3 fully saturated rings. The Kier molecular flexibility index (Phi) is 4.40. The molecule has 7 nitrogen and oxygen atoms in total. The largest absolute Gasteiger partial charge is 0.376 e. The highest BCUT2D eigenvalue weighted by molar-refractivity contribution is 7.91. The van der Waals surface area contributed by atoms with Gasteiger partial charge < -0.3 is 15.0 Å². The van der Waals surface area contributed by atoms with Crippen molar-refractivity contribution in [2.45, 2.75) is 37.8 Å². The summed E-state index contributed by atoms with van der Waals surface area (Å²) in [6.07, 6.45) is 2.71. The lowest BCUT2D eigenvalue weighted by Crippen LogP contribution is -2.40. The van der Waals surface area contributed by atoms with Crippen LogP contribution in [0.4, 0.5) is 0 Å². The number of amides is 2. The Morgan fingerprint density at radius 2 is 2.18 bits per heavy atom. The minimum atomic E-state index is -3.03. The number of hydrogen-bond donors (Lipinski definition) is 1. The van der Waals surface area contributed by atoms with E-state index in [-0.39, 0.29) is 47.8 Å². The summed E-state index contributed by atoms with van der Waals surface area (Å²) < 4.78 is 28.5. The van der Waals surface area contributed by atoms with Gasteiger partial charge in [0.15, 0.2) is 9.84 Å². The number of hydrogen-bond acceptors (Lipinski definition) is 5. The van der Waals surface area contributed by atoms with Gasteiger partial charge in [-0.1, -0.05) is 0 Å². The maximum absolute atomic E-state index is 12.2. The Hall–Kier alpha value is -1.15. The van der Waals surface area contributed by atoms with Gasteiger partial charge in [0, 0.05) is 32.2 Å². The fraction of sp³-hybridized carbons (Fsp3) is 0.857. The summed E-state index contributed by atoms with van der Waals surface area (Å²) in [6, 6.07) is -0.256. The van der Waals surface area contributed by atoms with Crippen LogP contribution in [-0.2, 0) is 24.2 Å². The number of carbonyl (C=O) groups excluding carboxylic acids is 2. The van der Waals surface area contributed by atoms with Crippen molar-refractivity contribution in [3.8, 4) is 0 Å². The average molecular weight is 330 g/mol. The zero-order valence-electron chi connectivity index (χ0n) is 12.5. The van der Waals surface area contributed by atoms with Crippen LogP contribution in [0.2, 0.25) is 0 Å². The molecular weight excluding hydrogens is 308 g/mol. The van der Waals surface area contributed by atoms with Crippen LogP contribution in [0.15, 0.2) is 0 Å². The quantitative estimate of drug-likeness (QED) is 0.737. The Morgan fingerprint density at radius 1 is 1.36 bits per heavy atom. The minimum absolute atomic E-state index is 0.0307. The van der Waals surface area contributed by atoms with Crippen molar-refractivity contribution < 1.29 is 22.7 Å². The van der Waals surface area contributed by atoms with Gasteiger partial charge in [0.25, 0.3) is 0 Å². The molecule has 1 N–H and O–H groups in total. The van der Waals surface area contributed by atoms with E-state index in [4.69, 9.17) is 4.74 Å². The van der Waals surface area contributed by atoms with Crippen LogP contribution in [0.25, 0.3) is 0 Å². The molecule has 8 heteroatoms. The minimum Gasteiger partial charge on any atom is -0.376 e. The summed E-state index contributed by atoms with van der Waals surface area (Å²) in [4.78, 5) is 25.8. The highest BCUT2D eigenvalue weighted by Gasteiger charge is 2.41. The SMILES string of the molecule is O=C(NCC1CCCO1)C1CC(=O)N(C2CCS(=O)(=O)C2)C1. The molecule has 3 aliphatic heterocycles. The molecule has 3 saturated heterocycles. The Labute approximate surface area is 130 Å². The first-order chi connectivity index (χ1) is 10.4. The van der Waals surface area contributed by atoms with Gasteiger partial charge in [0.1, 0.15) is 0 Å². The van der Waals surface area contributed by atoms with Gasteiger partial charge in [-0.15, -0.1) is 0 Å². The van der Waals surface area contributed by atoms with Crippen LogP contribution in [0.3, 0.4) is 0 Å². The van der Waals surface area contributed by atoms with E-state index in [0.717, 1.165) is 19.4 Å². The van der Waals surface area contributed by atoms with E-state index in [1.54, 1.807) is 4.90 Å². The van der Waals surface area contributed by atoms with E-state index in [0.29, 0.717) is 19.5 Å². The Morgan fingerprint density at radius 3 is 2.82 bits per heavy atom. The lowest BCUT2D eigenvalue weighted by Gasteiger charge is -2.23. The molecule has 3 aliphatic rings. The number of rotatable bonds is 4. The molecule has 3 atom stereocenters. The molecule has 0 bridgehead atoms. The number of likely N-dealkylation sites (tertiary alicyclic amines) is 1. The first-order valence-electron chi connectivity index (χ1n) is 7.84. The maximum atomic E-state index is 12.2. The number of ether oxygens (including phenoxy) is 1. The highest BCUT2D eigenvalue weighted by Crippen LogP contribution is 2.26. The molecule has 3 unspecified atom stereocenters. The molecule has 3 heterocycles. The second-order valence-electron chi connectivity index (χ2n) is 6.38. The van der Waals surface area contributed by atoms with Crippen LogP contribution in [0.1, 0.15) is 25.7 Å². The molecule has 0 saturated carbocycles. The van der Waals surface area contributed by atoms with Gasteiger partial charge in [-0.3, -0.25) is 9.59 Å². The topological polar surface area (TPSA) is 92.8 Å². The molecule has 0 aromatic rings. The molecule has 0 aromatic heterocycles. The third-order valence-electron chi connectivity index (χ3n) is 4.71. The summed E-state index contributed by atoms with van der Waals surface area (Å²) >= 11 is 0. The van der Waals surface area contributed by atoms with Crippen molar-refractivity contribution in [1.29, 1.82) is 0 Å². The van der Waals surface area contributed by atoms with Crippen molar-refractivity contribution in [2.24, 2.45) is 5.92 Å². The smallest absolute Gasteiger partial charge is 0.225 e. The van der Waals surface area contributed by atoms with Crippen LogP contribution in [-0.4, -0.2) is 68.5 Å². The number of carbonyl (C=O) groups is 2. The lowest BCUT2D eigenvalue weighted by atomic mass is 10.1. The number of sulfone groups is 1. The predicted octanol–water partition coefficient (Wildman–Crippen LogP) is -0.683. The van der Waals surface area contributed by atoms with Gasteiger partial charge in [-0.05, 0) is 19.3 Å². The average Bonchev–Trinajstić information content (AvgIpc) is 3.16. The van der Waals surface area contributed by atoms with E-state index < -0.39 is 9.84 Å². The van der Waals surface area contributed by atoms with Gasteiger partial charge >= 0.3 is 0 Å². The summed E-state index contributed by atoms with van der Waals surface area (Å²) in [5, 5.41) is 2.85. The van der Waals surface area contributed by atoms with Crippen molar-refractivity contribution in [2.75, 3.05) is 31.2 Å². The van der Waals surface area contributed by atoms with Crippen molar-refractivity contribution >= 4 is 21.7 Å². The maximum Gasteiger partial charge on any atom is 0.225 e. The number of nitrogens with one attached hydrogen (secondary N) is 1. The monoisotopic (exact) mass is 330 g/mol. The zero-order chi connectivity index (χ0) is 15.7. The third-order valence-corrected chi connectivity index (χ3v) is 6.46. The van der Waals surface area contributed by atoms with Crippen molar-refractivity contribution in [1.82, 2.24) is 10.2 Å². The Bertz CT molecular complexity index is 556. The molecule has 0 aliphatic carbocycles. The van der Waals surface area contributed by atoms with Gasteiger partial charge in [-0.25, -0.2) is 8.42 Å². The highest BCUT2D eigenvalue weighted by atomic mass is 32.2. The first kappa shape index (κ1) is 15.7. The van der Waals surface area contributed by atoms with E-state index in [1.807, 2.05) is 0 Å². The van der Waals surface area contributed by atoms with E-state index in [2.05, 4.69) is 5.32 Å². The molecule has 3 rings (SSSR count). The second kappa shape index (κ2) is 6.16. The van der Waals surface area contributed by atoms with Crippen LogP contribution < -0.4 is 5.32 Å². The predicted molar refractivity (Wildman–Crippen MR) is 78.9 cm³/mol.